The molecule has 100 valence electrons. The molecule has 2 rings (SSSR count). The minimum absolute atomic E-state index is 0.393. The van der Waals surface area contributed by atoms with Gasteiger partial charge in [0.05, 0.1) is 6.10 Å². The van der Waals surface area contributed by atoms with Gasteiger partial charge in [-0.15, -0.1) is 0 Å². The molecule has 0 saturated heterocycles. The first-order chi connectivity index (χ1) is 9.29. The van der Waals surface area contributed by atoms with Crippen LogP contribution in [0.15, 0.2) is 48.8 Å². The molecule has 2 nitrogen and oxygen atoms in total. The van der Waals surface area contributed by atoms with Crippen LogP contribution in [0.1, 0.15) is 42.6 Å². The van der Waals surface area contributed by atoms with Gasteiger partial charge in [0.1, 0.15) is 0 Å². The summed E-state index contributed by atoms with van der Waals surface area (Å²) in [4.78, 5) is 4.09. The molecule has 0 aliphatic heterocycles. The zero-order valence-electron chi connectivity index (χ0n) is 11.4. The molecular weight excluding hydrogens is 234 g/mol. The van der Waals surface area contributed by atoms with E-state index < -0.39 is 6.10 Å². The number of aliphatic hydroxyl groups excluding tert-OH is 1. The van der Waals surface area contributed by atoms with Crippen LogP contribution in [0.2, 0.25) is 0 Å². The van der Waals surface area contributed by atoms with Crippen LogP contribution in [0.4, 0.5) is 0 Å². The lowest BCUT2D eigenvalue weighted by Gasteiger charge is -2.11. The van der Waals surface area contributed by atoms with Gasteiger partial charge in [-0.05, 0) is 42.0 Å². The largest absolute Gasteiger partial charge is 0.388 e. The summed E-state index contributed by atoms with van der Waals surface area (Å²) in [6.07, 6.45) is 7.08. The third-order valence-electron chi connectivity index (χ3n) is 3.33. The highest BCUT2D eigenvalue weighted by Crippen LogP contribution is 2.19. The summed E-state index contributed by atoms with van der Waals surface area (Å²) in [5.41, 5.74) is 3.51. The first-order valence-corrected chi connectivity index (χ1v) is 6.95. The topological polar surface area (TPSA) is 33.1 Å². The van der Waals surface area contributed by atoms with Crippen molar-refractivity contribution in [3.05, 3.63) is 65.5 Å². The van der Waals surface area contributed by atoms with E-state index in [1.54, 1.807) is 6.20 Å². The van der Waals surface area contributed by atoms with E-state index in [0.29, 0.717) is 0 Å². The van der Waals surface area contributed by atoms with Crippen LogP contribution in [-0.4, -0.2) is 10.1 Å². The fourth-order valence-corrected chi connectivity index (χ4v) is 2.21. The van der Waals surface area contributed by atoms with Crippen molar-refractivity contribution in [2.75, 3.05) is 0 Å². The van der Waals surface area contributed by atoms with Crippen molar-refractivity contribution in [1.29, 1.82) is 0 Å². The van der Waals surface area contributed by atoms with Gasteiger partial charge in [0.25, 0.3) is 0 Å². The van der Waals surface area contributed by atoms with E-state index in [9.17, 15) is 5.11 Å². The zero-order chi connectivity index (χ0) is 13.5. The SMILES string of the molecule is CCCc1ccc(C(O)CCc2cccnc2)cc1. The Morgan fingerprint density at radius 3 is 2.47 bits per heavy atom. The minimum Gasteiger partial charge on any atom is -0.388 e. The smallest absolute Gasteiger partial charge is 0.0793 e. The van der Waals surface area contributed by atoms with Crippen LogP contribution in [0, 0.1) is 0 Å². The number of nitrogens with zero attached hydrogens (tertiary/aromatic N) is 1. The Hall–Kier alpha value is -1.67. The average molecular weight is 255 g/mol. The number of aryl methyl sites for hydroxylation is 2. The molecule has 0 spiro atoms. The van der Waals surface area contributed by atoms with Gasteiger partial charge in [-0.2, -0.15) is 0 Å². The van der Waals surface area contributed by atoms with E-state index in [-0.39, 0.29) is 0 Å². The number of hydrogen-bond donors (Lipinski definition) is 1. The molecule has 0 saturated carbocycles. The molecule has 1 unspecified atom stereocenters. The van der Waals surface area contributed by atoms with Gasteiger partial charge in [-0.3, -0.25) is 4.98 Å². The molecule has 1 N–H and O–H groups in total. The third kappa shape index (κ3) is 4.18. The summed E-state index contributed by atoms with van der Waals surface area (Å²) >= 11 is 0. The van der Waals surface area contributed by atoms with E-state index in [4.69, 9.17) is 0 Å². The molecule has 0 fully saturated rings. The van der Waals surface area contributed by atoms with Crippen molar-refractivity contribution < 1.29 is 5.11 Å². The Balaban J connectivity index is 1.90. The quantitative estimate of drug-likeness (QED) is 0.853. The zero-order valence-corrected chi connectivity index (χ0v) is 11.4. The molecule has 19 heavy (non-hydrogen) atoms. The Kier molecular flexibility index (Phi) is 5.10. The normalized spacial score (nSPS) is 12.3. The summed E-state index contributed by atoms with van der Waals surface area (Å²) in [7, 11) is 0. The van der Waals surface area contributed by atoms with Gasteiger partial charge in [-0.1, -0.05) is 43.7 Å². The molecule has 2 aromatic rings. The molecule has 0 radical (unpaired) electrons. The summed E-state index contributed by atoms with van der Waals surface area (Å²) in [6.45, 7) is 2.18. The maximum absolute atomic E-state index is 10.2. The van der Waals surface area contributed by atoms with E-state index in [2.05, 4.69) is 24.0 Å². The van der Waals surface area contributed by atoms with Crippen LogP contribution in [0.3, 0.4) is 0 Å². The number of pyridine rings is 1. The van der Waals surface area contributed by atoms with Crippen molar-refractivity contribution in [3.63, 3.8) is 0 Å². The van der Waals surface area contributed by atoms with Crippen LogP contribution >= 0.6 is 0 Å². The van der Waals surface area contributed by atoms with Gasteiger partial charge in [0.15, 0.2) is 0 Å². The van der Waals surface area contributed by atoms with Gasteiger partial charge in [-0.25, -0.2) is 0 Å². The summed E-state index contributed by atoms with van der Waals surface area (Å²) < 4.78 is 0. The Morgan fingerprint density at radius 2 is 1.84 bits per heavy atom. The number of benzene rings is 1. The second-order valence-corrected chi connectivity index (χ2v) is 4.91. The first kappa shape index (κ1) is 13.8. The van der Waals surface area contributed by atoms with Gasteiger partial charge in [0, 0.05) is 12.4 Å². The predicted octanol–water partition coefficient (Wildman–Crippen LogP) is 3.70. The Bertz CT molecular complexity index is 478. The monoisotopic (exact) mass is 255 g/mol. The molecular formula is C17H21NO. The van der Waals surface area contributed by atoms with E-state index in [1.807, 2.05) is 30.5 Å². The molecule has 0 bridgehead atoms. The van der Waals surface area contributed by atoms with Gasteiger partial charge >= 0.3 is 0 Å². The van der Waals surface area contributed by atoms with E-state index >= 15 is 0 Å². The van der Waals surface area contributed by atoms with E-state index in [1.165, 1.54) is 11.1 Å². The van der Waals surface area contributed by atoms with Gasteiger partial charge in [0.2, 0.25) is 0 Å². The average Bonchev–Trinajstić information content (AvgIpc) is 2.47. The molecule has 2 heteroatoms. The molecule has 1 heterocycles. The highest BCUT2D eigenvalue weighted by Gasteiger charge is 2.07. The maximum atomic E-state index is 10.2. The lowest BCUT2D eigenvalue weighted by atomic mass is 10.00. The molecule has 0 amide bonds. The van der Waals surface area contributed by atoms with Crippen molar-refractivity contribution in [2.24, 2.45) is 0 Å². The molecule has 1 aromatic heterocycles. The summed E-state index contributed by atoms with van der Waals surface area (Å²) in [5.74, 6) is 0. The third-order valence-corrected chi connectivity index (χ3v) is 3.33. The summed E-state index contributed by atoms with van der Waals surface area (Å²) in [6, 6.07) is 12.3. The second kappa shape index (κ2) is 7.05. The molecule has 0 aliphatic carbocycles. The van der Waals surface area contributed by atoms with Crippen molar-refractivity contribution in [2.45, 2.75) is 38.7 Å². The summed E-state index contributed by atoms with van der Waals surface area (Å²) in [5, 5.41) is 10.2. The Morgan fingerprint density at radius 1 is 1.05 bits per heavy atom. The second-order valence-electron chi connectivity index (χ2n) is 4.91. The number of aromatic nitrogens is 1. The first-order valence-electron chi connectivity index (χ1n) is 6.95. The van der Waals surface area contributed by atoms with Crippen LogP contribution in [0.5, 0.6) is 0 Å². The Labute approximate surface area is 115 Å². The van der Waals surface area contributed by atoms with Gasteiger partial charge < -0.3 is 5.11 Å². The highest BCUT2D eigenvalue weighted by molar-refractivity contribution is 5.24. The van der Waals surface area contributed by atoms with Crippen molar-refractivity contribution in [3.8, 4) is 0 Å². The van der Waals surface area contributed by atoms with Crippen LogP contribution in [-0.2, 0) is 12.8 Å². The fraction of sp³-hybridized carbons (Fsp3) is 0.353. The molecule has 1 aromatic carbocycles. The highest BCUT2D eigenvalue weighted by atomic mass is 16.3. The van der Waals surface area contributed by atoms with Crippen LogP contribution in [0.25, 0.3) is 0 Å². The molecule has 1 atom stereocenters. The maximum Gasteiger partial charge on any atom is 0.0793 e. The number of aliphatic hydroxyl groups is 1. The number of hydrogen-bond acceptors (Lipinski definition) is 2. The fourth-order valence-electron chi connectivity index (χ4n) is 2.21. The lowest BCUT2D eigenvalue weighted by Crippen LogP contribution is -2.00. The van der Waals surface area contributed by atoms with E-state index in [0.717, 1.165) is 31.2 Å². The lowest BCUT2D eigenvalue weighted by molar-refractivity contribution is 0.168. The standard InChI is InChI=1S/C17H21NO/c1-2-4-14-6-9-16(10-7-14)17(19)11-8-15-5-3-12-18-13-15/h3,5-7,9-10,12-13,17,19H,2,4,8,11H2,1H3. The number of rotatable bonds is 6. The minimum atomic E-state index is -0.393. The van der Waals surface area contributed by atoms with Crippen LogP contribution < -0.4 is 0 Å². The van der Waals surface area contributed by atoms with Crippen molar-refractivity contribution in [1.82, 2.24) is 4.98 Å². The van der Waals surface area contributed by atoms with Crippen molar-refractivity contribution >= 4 is 0 Å². The predicted molar refractivity (Wildman–Crippen MR) is 78.0 cm³/mol. The molecule has 0 aliphatic rings.